The highest BCUT2D eigenvalue weighted by molar-refractivity contribution is 8.04. The van der Waals surface area contributed by atoms with E-state index in [1.807, 2.05) is 30.3 Å². The summed E-state index contributed by atoms with van der Waals surface area (Å²) in [5, 5.41) is 2.42. The topological polar surface area (TPSA) is 49.4 Å². The predicted molar refractivity (Wildman–Crippen MR) is 96.9 cm³/mol. The van der Waals surface area contributed by atoms with Crippen molar-refractivity contribution in [2.75, 3.05) is 12.4 Å². The van der Waals surface area contributed by atoms with Gasteiger partial charge in [0, 0.05) is 24.6 Å². The number of alkyl halides is 3. The van der Waals surface area contributed by atoms with Gasteiger partial charge in [-0.25, -0.2) is 0 Å². The maximum absolute atomic E-state index is 12.8. The van der Waals surface area contributed by atoms with Crippen LogP contribution in [0.15, 0.2) is 64.4 Å². The number of hydrogen-bond donors (Lipinski definition) is 1. The van der Waals surface area contributed by atoms with E-state index in [2.05, 4.69) is 5.32 Å². The number of carbonyl (C=O) groups excluding carboxylic acids is 2. The molecule has 0 bridgehead atoms. The molecule has 0 fully saturated rings. The van der Waals surface area contributed by atoms with E-state index in [9.17, 15) is 22.8 Å². The third-order valence-corrected chi connectivity index (χ3v) is 4.99. The second-order valence-corrected chi connectivity index (χ2v) is 7.04. The van der Waals surface area contributed by atoms with E-state index in [0.717, 1.165) is 29.5 Å². The summed E-state index contributed by atoms with van der Waals surface area (Å²) >= 11 is 0.971. The summed E-state index contributed by atoms with van der Waals surface area (Å²) in [5.41, 5.74) is 0.188. The molecule has 1 N–H and O–H groups in total. The van der Waals surface area contributed by atoms with E-state index < -0.39 is 17.6 Å². The van der Waals surface area contributed by atoms with Crippen LogP contribution in [0, 0.1) is 0 Å². The van der Waals surface area contributed by atoms with E-state index >= 15 is 0 Å². The average Bonchev–Trinajstić information content (AvgIpc) is 2.62. The Labute approximate surface area is 158 Å². The molecule has 1 heterocycles. The van der Waals surface area contributed by atoms with Crippen LogP contribution in [0.25, 0.3) is 0 Å². The lowest BCUT2D eigenvalue weighted by Crippen LogP contribution is -2.26. The van der Waals surface area contributed by atoms with Gasteiger partial charge in [0.05, 0.1) is 16.2 Å². The molecule has 8 heteroatoms. The molecule has 4 nitrogen and oxygen atoms in total. The number of hydrogen-bond acceptors (Lipinski definition) is 3. The average molecular weight is 392 g/mol. The normalized spacial score (nSPS) is 15.3. The quantitative estimate of drug-likeness (QED) is 0.793. The van der Waals surface area contributed by atoms with Gasteiger partial charge in [0.25, 0.3) is 5.91 Å². The first-order valence-corrected chi connectivity index (χ1v) is 8.77. The van der Waals surface area contributed by atoms with Gasteiger partial charge in [0.1, 0.15) is 0 Å². The Morgan fingerprint density at radius 3 is 2.56 bits per heavy atom. The number of benzene rings is 2. The fraction of sp³-hybridized carbons (Fsp3) is 0.158. The second kappa shape index (κ2) is 7.48. The minimum atomic E-state index is -4.49. The van der Waals surface area contributed by atoms with Crippen LogP contribution in [0.3, 0.4) is 0 Å². The Morgan fingerprint density at radius 2 is 1.89 bits per heavy atom. The first-order valence-electron chi connectivity index (χ1n) is 7.95. The Bertz CT molecular complexity index is 911. The zero-order valence-corrected chi connectivity index (χ0v) is 15.0. The van der Waals surface area contributed by atoms with Crippen molar-refractivity contribution in [3.05, 3.63) is 70.6 Å². The first kappa shape index (κ1) is 19.0. The Kier molecular flexibility index (Phi) is 5.27. The molecule has 2 aromatic carbocycles. The molecule has 3 rings (SSSR count). The molecule has 0 aromatic heterocycles. The molecule has 1 aliphatic rings. The van der Waals surface area contributed by atoms with Gasteiger partial charge in [-0.2, -0.15) is 13.2 Å². The standard InChI is InChI=1S/C19H15F3N2O2S/c1-24(11-12-5-3-2-4-6-12)17(25)10-16-18(26)23-14-9-13(19(20,21)22)7-8-15(14)27-16/h2-10H,11H2,1H3,(H,23,26)/b16-10-. The maximum Gasteiger partial charge on any atom is 0.416 e. The molecule has 27 heavy (non-hydrogen) atoms. The van der Waals surface area contributed by atoms with Crippen molar-refractivity contribution in [3.63, 3.8) is 0 Å². The summed E-state index contributed by atoms with van der Waals surface area (Å²) < 4.78 is 38.4. The van der Waals surface area contributed by atoms with E-state index in [4.69, 9.17) is 0 Å². The molecule has 0 spiro atoms. The number of carbonyl (C=O) groups is 2. The summed E-state index contributed by atoms with van der Waals surface area (Å²) in [5.74, 6) is -0.972. The molecule has 0 saturated carbocycles. The van der Waals surface area contributed by atoms with Crippen LogP contribution in [0.5, 0.6) is 0 Å². The highest BCUT2D eigenvalue weighted by Gasteiger charge is 2.32. The summed E-state index contributed by atoms with van der Waals surface area (Å²) in [4.78, 5) is 26.6. The van der Waals surface area contributed by atoms with Crippen LogP contribution in [0.4, 0.5) is 18.9 Å². The number of anilines is 1. The SMILES string of the molecule is CN(Cc1ccccc1)C(=O)/C=C1\Sc2ccc(C(F)(F)F)cc2NC1=O. The zero-order valence-electron chi connectivity index (χ0n) is 14.2. The molecule has 1 aliphatic heterocycles. The van der Waals surface area contributed by atoms with Crippen LogP contribution >= 0.6 is 11.8 Å². The lowest BCUT2D eigenvalue weighted by molar-refractivity contribution is -0.137. The monoisotopic (exact) mass is 392 g/mol. The van der Waals surface area contributed by atoms with Gasteiger partial charge >= 0.3 is 6.18 Å². The number of likely N-dealkylation sites (N-methyl/N-ethyl adjacent to an activating group) is 1. The zero-order chi connectivity index (χ0) is 19.6. The number of fused-ring (bicyclic) bond motifs is 1. The minimum absolute atomic E-state index is 0.0852. The van der Waals surface area contributed by atoms with Crippen LogP contribution in [-0.2, 0) is 22.3 Å². The molecule has 2 amide bonds. The molecule has 2 aromatic rings. The summed E-state index contributed by atoms with van der Waals surface area (Å²) in [7, 11) is 1.61. The molecule has 140 valence electrons. The Balaban J connectivity index is 1.76. The van der Waals surface area contributed by atoms with E-state index in [0.29, 0.717) is 11.4 Å². The van der Waals surface area contributed by atoms with Gasteiger partial charge in [0.2, 0.25) is 5.91 Å². The van der Waals surface area contributed by atoms with Crippen LogP contribution in [0.2, 0.25) is 0 Å². The fourth-order valence-electron chi connectivity index (χ4n) is 2.49. The predicted octanol–water partition coefficient (Wildman–Crippen LogP) is 4.29. The van der Waals surface area contributed by atoms with E-state index in [1.54, 1.807) is 7.05 Å². The highest BCUT2D eigenvalue weighted by Crippen LogP contribution is 2.41. The number of rotatable bonds is 3. The molecule has 0 saturated heterocycles. The number of thioether (sulfide) groups is 1. The number of nitrogens with one attached hydrogen (secondary N) is 1. The summed E-state index contributed by atoms with van der Waals surface area (Å²) in [6.07, 6.45) is -3.29. The Morgan fingerprint density at radius 1 is 1.19 bits per heavy atom. The van der Waals surface area contributed by atoms with Gasteiger partial charge in [-0.1, -0.05) is 42.1 Å². The third-order valence-electron chi connectivity index (χ3n) is 3.89. The molecular weight excluding hydrogens is 377 g/mol. The summed E-state index contributed by atoms with van der Waals surface area (Å²) in [6.45, 7) is 0.376. The van der Waals surface area contributed by atoms with E-state index in [1.165, 1.54) is 17.0 Å². The largest absolute Gasteiger partial charge is 0.416 e. The van der Waals surface area contributed by atoms with Crippen LogP contribution in [-0.4, -0.2) is 23.8 Å². The van der Waals surface area contributed by atoms with E-state index in [-0.39, 0.29) is 16.5 Å². The van der Waals surface area contributed by atoms with Gasteiger partial charge < -0.3 is 10.2 Å². The van der Waals surface area contributed by atoms with Crippen LogP contribution in [0.1, 0.15) is 11.1 Å². The molecule has 0 unspecified atom stereocenters. The van der Waals surface area contributed by atoms with Gasteiger partial charge in [-0.3, -0.25) is 9.59 Å². The van der Waals surface area contributed by atoms with Crippen molar-refractivity contribution in [1.29, 1.82) is 0 Å². The smallest absolute Gasteiger partial charge is 0.338 e. The molecular formula is C19H15F3N2O2S. The fourth-order valence-corrected chi connectivity index (χ4v) is 3.39. The van der Waals surface area contributed by atoms with Gasteiger partial charge in [0.15, 0.2) is 0 Å². The minimum Gasteiger partial charge on any atom is -0.338 e. The molecule has 0 aliphatic carbocycles. The molecule has 0 atom stereocenters. The lowest BCUT2D eigenvalue weighted by Gasteiger charge is -2.21. The van der Waals surface area contributed by atoms with Crippen molar-refractivity contribution in [3.8, 4) is 0 Å². The Hall–Kier alpha value is -2.74. The second-order valence-electron chi connectivity index (χ2n) is 5.95. The number of halogens is 3. The van der Waals surface area contributed by atoms with Crippen molar-refractivity contribution in [1.82, 2.24) is 4.90 Å². The lowest BCUT2D eigenvalue weighted by atomic mass is 10.2. The summed E-state index contributed by atoms with van der Waals surface area (Å²) in [6, 6.07) is 12.5. The van der Waals surface area contributed by atoms with Crippen molar-refractivity contribution in [2.45, 2.75) is 17.6 Å². The van der Waals surface area contributed by atoms with Crippen LogP contribution < -0.4 is 5.32 Å². The van der Waals surface area contributed by atoms with Crippen molar-refractivity contribution < 1.29 is 22.8 Å². The van der Waals surface area contributed by atoms with Crippen molar-refractivity contribution >= 4 is 29.3 Å². The maximum atomic E-state index is 12.8. The first-order chi connectivity index (χ1) is 12.7. The van der Waals surface area contributed by atoms with Gasteiger partial charge in [-0.05, 0) is 23.8 Å². The number of amides is 2. The number of nitrogens with zero attached hydrogens (tertiary/aromatic N) is 1. The third kappa shape index (κ3) is 4.51. The molecule has 0 radical (unpaired) electrons. The van der Waals surface area contributed by atoms with Crippen molar-refractivity contribution in [2.24, 2.45) is 0 Å². The highest BCUT2D eigenvalue weighted by atomic mass is 32.2. The van der Waals surface area contributed by atoms with Gasteiger partial charge in [-0.15, -0.1) is 0 Å².